The molecule has 116 valence electrons. The Morgan fingerprint density at radius 3 is 2.67 bits per heavy atom. The summed E-state index contributed by atoms with van der Waals surface area (Å²) in [6.07, 6.45) is 3.97. The summed E-state index contributed by atoms with van der Waals surface area (Å²) >= 11 is 0. The molecule has 0 radical (unpaired) electrons. The third kappa shape index (κ3) is 5.63. The standard InChI is InChI=1S/C16H25N3O2/c1-20-9-10-21-15-7-5-14(6-8-15)12-19-16(17)18-11-13-3-2-4-13/h5-8,13H,2-4,9-12H2,1H3,(H3,17,18,19). The van der Waals surface area contributed by atoms with Crippen LogP contribution in [0.5, 0.6) is 5.75 Å². The molecule has 0 aromatic heterocycles. The average Bonchev–Trinajstić information content (AvgIpc) is 2.45. The molecule has 0 heterocycles. The lowest BCUT2D eigenvalue weighted by atomic mass is 9.85. The summed E-state index contributed by atoms with van der Waals surface area (Å²) in [5.41, 5.74) is 6.97. The van der Waals surface area contributed by atoms with Gasteiger partial charge in [0.2, 0.25) is 0 Å². The number of methoxy groups -OCH3 is 1. The van der Waals surface area contributed by atoms with Gasteiger partial charge in [0.05, 0.1) is 13.2 Å². The van der Waals surface area contributed by atoms with Gasteiger partial charge < -0.3 is 20.5 Å². The molecular formula is C16H25N3O2. The van der Waals surface area contributed by atoms with Crippen LogP contribution in [0.25, 0.3) is 0 Å². The number of ether oxygens (including phenoxy) is 2. The fourth-order valence-corrected chi connectivity index (χ4v) is 2.11. The van der Waals surface area contributed by atoms with Crippen molar-refractivity contribution in [3.8, 4) is 5.75 Å². The van der Waals surface area contributed by atoms with Gasteiger partial charge in [-0.1, -0.05) is 18.6 Å². The predicted molar refractivity (Wildman–Crippen MR) is 84.5 cm³/mol. The summed E-state index contributed by atoms with van der Waals surface area (Å²) < 4.78 is 10.5. The fraction of sp³-hybridized carbons (Fsp3) is 0.562. The first-order valence-electron chi connectivity index (χ1n) is 7.52. The minimum Gasteiger partial charge on any atom is -0.491 e. The number of rotatable bonds is 8. The lowest BCUT2D eigenvalue weighted by molar-refractivity contribution is 0.146. The topological polar surface area (TPSA) is 68.9 Å². The zero-order chi connectivity index (χ0) is 14.9. The van der Waals surface area contributed by atoms with Gasteiger partial charge in [0.1, 0.15) is 12.4 Å². The van der Waals surface area contributed by atoms with Gasteiger partial charge in [0.15, 0.2) is 5.96 Å². The maximum absolute atomic E-state index is 5.86. The van der Waals surface area contributed by atoms with Crippen molar-refractivity contribution >= 4 is 5.96 Å². The Kier molecular flexibility index (Phi) is 6.34. The van der Waals surface area contributed by atoms with E-state index in [1.54, 1.807) is 7.11 Å². The molecule has 0 atom stereocenters. The molecule has 1 aliphatic rings. The Morgan fingerprint density at radius 2 is 2.05 bits per heavy atom. The zero-order valence-electron chi connectivity index (χ0n) is 12.7. The number of hydrogen-bond acceptors (Lipinski definition) is 3. The fourth-order valence-electron chi connectivity index (χ4n) is 2.11. The second-order valence-corrected chi connectivity index (χ2v) is 5.36. The molecule has 1 fully saturated rings. The minimum absolute atomic E-state index is 0.530. The summed E-state index contributed by atoms with van der Waals surface area (Å²) in [6, 6.07) is 7.90. The summed E-state index contributed by atoms with van der Waals surface area (Å²) in [5, 5.41) is 3.19. The highest BCUT2D eigenvalue weighted by atomic mass is 16.5. The van der Waals surface area contributed by atoms with Gasteiger partial charge in [0, 0.05) is 13.7 Å². The summed E-state index contributed by atoms with van der Waals surface area (Å²) in [7, 11) is 1.66. The molecule has 0 spiro atoms. The second-order valence-electron chi connectivity index (χ2n) is 5.36. The van der Waals surface area contributed by atoms with Crippen molar-refractivity contribution < 1.29 is 9.47 Å². The van der Waals surface area contributed by atoms with Gasteiger partial charge in [-0.3, -0.25) is 0 Å². The molecule has 0 saturated heterocycles. The van der Waals surface area contributed by atoms with Crippen molar-refractivity contribution in [1.82, 2.24) is 5.32 Å². The van der Waals surface area contributed by atoms with E-state index in [9.17, 15) is 0 Å². The molecule has 5 nitrogen and oxygen atoms in total. The molecule has 0 amide bonds. The first-order chi connectivity index (χ1) is 10.3. The van der Waals surface area contributed by atoms with E-state index in [1.807, 2.05) is 24.3 Å². The largest absolute Gasteiger partial charge is 0.491 e. The SMILES string of the molecule is COCCOc1ccc(CN=C(N)NCC2CCC2)cc1. The van der Waals surface area contributed by atoms with Crippen molar-refractivity contribution in [2.45, 2.75) is 25.8 Å². The van der Waals surface area contributed by atoms with Crippen LogP contribution in [0.3, 0.4) is 0 Å². The van der Waals surface area contributed by atoms with Crippen LogP contribution in [0.2, 0.25) is 0 Å². The average molecular weight is 291 g/mol. The Bertz CT molecular complexity index is 441. The molecule has 1 saturated carbocycles. The number of nitrogens with zero attached hydrogens (tertiary/aromatic N) is 1. The molecule has 1 aromatic carbocycles. The highest BCUT2D eigenvalue weighted by molar-refractivity contribution is 5.77. The third-order valence-corrected chi connectivity index (χ3v) is 3.71. The van der Waals surface area contributed by atoms with Gasteiger partial charge >= 0.3 is 0 Å². The third-order valence-electron chi connectivity index (χ3n) is 3.71. The molecule has 2 rings (SSSR count). The molecule has 1 aliphatic carbocycles. The summed E-state index contributed by atoms with van der Waals surface area (Å²) in [5.74, 6) is 2.15. The van der Waals surface area contributed by atoms with Crippen LogP contribution in [0.15, 0.2) is 29.3 Å². The van der Waals surface area contributed by atoms with Gasteiger partial charge in [-0.2, -0.15) is 0 Å². The molecule has 0 unspecified atom stereocenters. The number of nitrogens with one attached hydrogen (secondary N) is 1. The molecular weight excluding hydrogens is 266 g/mol. The Morgan fingerprint density at radius 1 is 1.29 bits per heavy atom. The minimum atomic E-state index is 0.530. The first-order valence-corrected chi connectivity index (χ1v) is 7.52. The zero-order valence-corrected chi connectivity index (χ0v) is 12.7. The van der Waals surface area contributed by atoms with Crippen LogP contribution in [0.1, 0.15) is 24.8 Å². The van der Waals surface area contributed by atoms with Crippen LogP contribution < -0.4 is 15.8 Å². The van der Waals surface area contributed by atoms with E-state index in [0.29, 0.717) is 25.7 Å². The van der Waals surface area contributed by atoms with Crippen LogP contribution in [0.4, 0.5) is 0 Å². The van der Waals surface area contributed by atoms with Gasteiger partial charge in [-0.15, -0.1) is 0 Å². The molecule has 21 heavy (non-hydrogen) atoms. The van der Waals surface area contributed by atoms with Crippen molar-refractivity contribution in [1.29, 1.82) is 0 Å². The molecule has 0 aliphatic heterocycles. The lowest BCUT2D eigenvalue weighted by Gasteiger charge is -2.25. The first kappa shape index (κ1) is 15.6. The monoisotopic (exact) mass is 291 g/mol. The molecule has 1 aromatic rings. The predicted octanol–water partition coefficient (Wildman–Crippen LogP) is 1.92. The van der Waals surface area contributed by atoms with E-state index in [2.05, 4.69) is 10.3 Å². The van der Waals surface area contributed by atoms with Crippen LogP contribution >= 0.6 is 0 Å². The van der Waals surface area contributed by atoms with E-state index in [1.165, 1.54) is 19.3 Å². The van der Waals surface area contributed by atoms with E-state index in [0.717, 1.165) is 23.8 Å². The number of guanidine groups is 1. The number of aliphatic imine (C=N–C) groups is 1. The quantitative estimate of drug-likeness (QED) is 0.436. The normalized spacial score (nSPS) is 15.6. The summed E-state index contributed by atoms with van der Waals surface area (Å²) in [6.45, 7) is 2.69. The van der Waals surface area contributed by atoms with Crippen molar-refractivity contribution in [3.63, 3.8) is 0 Å². The maximum atomic E-state index is 5.86. The van der Waals surface area contributed by atoms with Crippen molar-refractivity contribution in [3.05, 3.63) is 29.8 Å². The Hall–Kier alpha value is -1.75. The van der Waals surface area contributed by atoms with Crippen molar-refractivity contribution in [2.24, 2.45) is 16.6 Å². The molecule has 5 heteroatoms. The van der Waals surface area contributed by atoms with E-state index in [4.69, 9.17) is 15.2 Å². The van der Waals surface area contributed by atoms with Crippen LogP contribution in [-0.2, 0) is 11.3 Å². The summed E-state index contributed by atoms with van der Waals surface area (Å²) in [4.78, 5) is 4.35. The van der Waals surface area contributed by atoms with Gasteiger partial charge in [-0.25, -0.2) is 4.99 Å². The van der Waals surface area contributed by atoms with Crippen molar-refractivity contribution in [2.75, 3.05) is 26.9 Å². The van der Waals surface area contributed by atoms with Crippen LogP contribution in [0, 0.1) is 5.92 Å². The van der Waals surface area contributed by atoms with Gasteiger partial charge in [0.25, 0.3) is 0 Å². The molecule has 3 N–H and O–H groups in total. The van der Waals surface area contributed by atoms with Gasteiger partial charge in [-0.05, 0) is 36.5 Å². The maximum Gasteiger partial charge on any atom is 0.188 e. The number of benzene rings is 1. The smallest absolute Gasteiger partial charge is 0.188 e. The Labute approximate surface area is 126 Å². The Balaban J connectivity index is 1.71. The lowest BCUT2D eigenvalue weighted by Crippen LogP contribution is -2.37. The van der Waals surface area contributed by atoms with Crippen LogP contribution in [-0.4, -0.2) is 32.8 Å². The number of nitrogens with two attached hydrogens (primary N) is 1. The highest BCUT2D eigenvalue weighted by Gasteiger charge is 2.16. The number of hydrogen-bond donors (Lipinski definition) is 2. The molecule has 0 bridgehead atoms. The van der Waals surface area contributed by atoms with E-state index < -0.39 is 0 Å². The highest BCUT2D eigenvalue weighted by Crippen LogP contribution is 2.24. The van der Waals surface area contributed by atoms with E-state index in [-0.39, 0.29) is 0 Å². The second kappa shape index (κ2) is 8.52. The van der Waals surface area contributed by atoms with E-state index >= 15 is 0 Å².